The number of methoxy groups -OCH3 is 1. The van der Waals surface area contributed by atoms with Gasteiger partial charge in [0.05, 0.1) is 30.6 Å². The molecule has 258 valence electrons. The van der Waals surface area contributed by atoms with Gasteiger partial charge < -0.3 is 34.9 Å². The first kappa shape index (κ1) is 34.0. The van der Waals surface area contributed by atoms with Crippen molar-refractivity contribution < 1.29 is 27.4 Å². The maximum absolute atomic E-state index is 13.8. The number of piperidine rings is 1. The molecule has 48 heavy (non-hydrogen) atoms. The molecule has 1 saturated carbocycles. The third kappa shape index (κ3) is 7.87. The van der Waals surface area contributed by atoms with Gasteiger partial charge in [-0.1, -0.05) is 12.0 Å². The van der Waals surface area contributed by atoms with Crippen LogP contribution >= 0.6 is 0 Å². The highest BCUT2D eigenvalue weighted by Crippen LogP contribution is 2.42. The second kappa shape index (κ2) is 14.7. The number of hydrogen-bond acceptors (Lipinski definition) is 6. The number of aromatic nitrogens is 1. The number of likely N-dealkylation sites (tertiary alicyclic amines) is 1. The molecule has 6 rings (SSSR count). The summed E-state index contributed by atoms with van der Waals surface area (Å²) in [6.07, 6.45) is 4.86. The number of fused-ring (bicyclic) bond motifs is 1. The van der Waals surface area contributed by atoms with Crippen molar-refractivity contribution in [3.8, 4) is 17.6 Å². The van der Waals surface area contributed by atoms with Crippen molar-refractivity contribution in [3.63, 3.8) is 0 Å². The highest BCUT2D eigenvalue weighted by molar-refractivity contribution is 5.95. The topological polar surface area (TPSA) is 79.8 Å². The molecule has 1 amide bonds. The van der Waals surface area contributed by atoms with Crippen LogP contribution in [-0.4, -0.2) is 80.6 Å². The number of ether oxygens (including phenoxy) is 2. The summed E-state index contributed by atoms with van der Waals surface area (Å²) in [5, 5.41) is 10.1. The molecule has 2 aliphatic heterocycles. The normalized spacial score (nSPS) is 21.4. The van der Waals surface area contributed by atoms with E-state index in [2.05, 4.69) is 32.7 Å². The zero-order valence-electron chi connectivity index (χ0n) is 27.8. The molecule has 11 heteroatoms. The van der Waals surface area contributed by atoms with E-state index in [9.17, 15) is 18.0 Å². The summed E-state index contributed by atoms with van der Waals surface area (Å²) in [7, 11) is 3.06. The van der Waals surface area contributed by atoms with Gasteiger partial charge in [-0.05, 0) is 112 Å². The number of carbonyl (C=O) groups is 1. The Morgan fingerprint density at radius 2 is 1.77 bits per heavy atom. The van der Waals surface area contributed by atoms with Crippen LogP contribution in [0.3, 0.4) is 0 Å². The minimum absolute atomic E-state index is 0.171. The number of nitrogens with zero attached hydrogens (tertiary/aromatic N) is 2. The summed E-state index contributed by atoms with van der Waals surface area (Å²) in [6.45, 7) is 3.20. The minimum atomic E-state index is -4.40. The smallest absolute Gasteiger partial charge is 0.406 e. The first-order chi connectivity index (χ1) is 23.2. The summed E-state index contributed by atoms with van der Waals surface area (Å²) < 4.78 is 53.5. The average Bonchev–Trinajstić information content (AvgIpc) is 3.43. The van der Waals surface area contributed by atoms with E-state index >= 15 is 0 Å². The van der Waals surface area contributed by atoms with Crippen LogP contribution in [0.5, 0.6) is 5.75 Å². The van der Waals surface area contributed by atoms with Gasteiger partial charge in [0.1, 0.15) is 12.3 Å². The lowest BCUT2D eigenvalue weighted by atomic mass is 9.72. The monoisotopic (exact) mass is 665 g/mol. The van der Waals surface area contributed by atoms with E-state index < -0.39 is 12.7 Å². The third-order valence-electron chi connectivity index (χ3n) is 10.5. The molecule has 3 aliphatic rings. The number of alkyl halides is 3. The Balaban J connectivity index is 1.12. The Morgan fingerprint density at radius 3 is 2.46 bits per heavy atom. The molecule has 8 nitrogen and oxygen atoms in total. The Labute approximate surface area is 280 Å². The lowest BCUT2D eigenvalue weighted by molar-refractivity contribution is -0.140. The van der Waals surface area contributed by atoms with Crippen LogP contribution in [0.4, 0.5) is 24.5 Å². The molecule has 1 spiro atoms. The molecule has 1 aliphatic carbocycles. The molecule has 0 bridgehead atoms. The summed E-state index contributed by atoms with van der Waals surface area (Å²) in [6, 6.07) is 13.1. The Morgan fingerprint density at radius 1 is 1.02 bits per heavy atom. The van der Waals surface area contributed by atoms with Crippen LogP contribution < -0.4 is 20.7 Å². The van der Waals surface area contributed by atoms with Gasteiger partial charge in [-0.3, -0.25) is 4.79 Å². The van der Waals surface area contributed by atoms with Gasteiger partial charge in [-0.15, -0.1) is 0 Å². The molecule has 0 atom stereocenters. The number of nitrogens with one attached hydrogen (secondary N) is 3. The molecule has 3 aromatic rings. The number of amides is 1. The number of halogens is 3. The van der Waals surface area contributed by atoms with E-state index in [0.717, 1.165) is 50.0 Å². The van der Waals surface area contributed by atoms with Crippen molar-refractivity contribution in [2.75, 3.05) is 57.6 Å². The predicted octanol–water partition coefficient (Wildman–Crippen LogP) is 6.65. The largest absolute Gasteiger partial charge is 0.495 e. The zero-order chi connectivity index (χ0) is 33.7. The van der Waals surface area contributed by atoms with Gasteiger partial charge in [-0.25, -0.2) is 0 Å². The van der Waals surface area contributed by atoms with Gasteiger partial charge in [-0.2, -0.15) is 13.2 Å². The van der Waals surface area contributed by atoms with E-state index in [1.807, 2.05) is 12.1 Å². The van der Waals surface area contributed by atoms with Crippen molar-refractivity contribution in [1.29, 1.82) is 0 Å². The van der Waals surface area contributed by atoms with Gasteiger partial charge in [0.2, 0.25) is 0 Å². The van der Waals surface area contributed by atoms with Crippen molar-refractivity contribution >= 4 is 28.2 Å². The number of rotatable bonds is 8. The van der Waals surface area contributed by atoms with E-state index in [0.29, 0.717) is 39.7 Å². The second-order valence-corrected chi connectivity index (χ2v) is 13.4. The SMILES string of the molecule is CNC(=O)c1ccc(NCC#Cc2cc3c(NC4CCC(N5CCC6(CCOCC6)CC5)CC4)cccc3n2CC(F)(F)F)c(OC)c1. The van der Waals surface area contributed by atoms with E-state index in [1.54, 1.807) is 37.4 Å². The number of carbonyl (C=O) groups excluding carboxylic acids is 1. The van der Waals surface area contributed by atoms with Crippen molar-refractivity contribution in [3.05, 3.63) is 53.7 Å². The fourth-order valence-corrected chi connectivity index (χ4v) is 7.73. The third-order valence-corrected chi connectivity index (χ3v) is 10.5. The summed E-state index contributed by atoms with van der Waals surface area (Å²) in [5.74, 6) is 6.18. The first-order valence-electron chi connectivity index (χ1n) is 17.1. The molecule has 3 heterocycles. The quantitative estimate of drug-likeness (QED) is 0.234. The maximum atomic E-state index is 13.8. The molecular weight excluding hydrogens is 619 g/mol. The highest BCUT2D eigenvalue weighted by Gasteiger charge is 2.38. The molecule has 1 aromatic heterocycles. The van der Waals surface area contributed by atoms with Crippen LogP contribution in [0.2, 0.25) is 0 Å². The average molecular weight is 666 g/mol. The Bertz CT molecular complexity index is 1640. The fourth-order valence-electron chi connectivity index (χ4n) is 7.73. The molecule has 2 saturated heterocycles. The van der Waals surface area contributed by atoms with Gasteiger partial charge in [0, 0.05) is 49.0 Å². The molecule has 0 unspecified atom stereocenters. The van der Waals surface area contributed by atoms with Crippen molar-refractivity contribution in [1.82, 2.24) is 14.8 Å². The summed E-state index contributed by atoms with van der Waals surface area (Å²) in [5.41, 5.74) is 3.22. The fraction of sp³-hybridized carbons (Fsp3) is 0.541. The standard InChI is InChI=1S/C37H46F3N5O3/c1-41-35(46)26-8-13-32(34(23-26)47-2)42-18-4-5-29-24-30-31(6-3-7-33(30)45(29)25-37(38,39)40)43-27-9-11-28(12-10-27)44-19-14-36(15-20-44)16-21-48-22-17-36/h3,6-8,13,23-24,27-28,42-43H,9-12,14-22,25H2,1-2H3,(H,41,46). The van der Waals surface area contributed by atoms with E-state index in [1.165, 1.54) is 50.4 Å². The van der Waals surface area contributed by atoms with E-state index in [-0.39, 0.29) is 18.5 Å². The molecule has 3 fully saturated rings. The molecule has 0 radical (unpaired) electrons. The van der Waals surface area contributed by atoms with Crippen LogP contribution in [0.15, 0.2) is 42.5 Å². The summed E-state index contributed by atoms with van der Waals surface area (Å²) >= 11 is 0. The highest BCUT2D eigenvalue weighted by atomic mass is 19.4. The zero-order valence-corrected chi connectivity index (χ0v) is 27.8. The molecular formula is C37H46F3N5O3. The van der Waals surface area contributed by atoms with Gasteiger partial charge in [0.15, 0.2) is 0 Å². The lowest BCUT2D eigenvalue weighted by Crippen LogP contribution is -2.48. The Kier molecular flexibility index (Phi) is 10.4. The first-order valence-corrected chi connectivity index (χ1v) is 17.1. The summed E-state index contributed by atoms with van der Waals surface area (Å²) in [4.78, 5) is 14.7. The van der Waals surface area contributed by atoms with Crippen LogP contribution in [0, 0.1) is 17.3 Å². The van der Waals surface area contributed by atoms with Crippen LogP contribution in [-0.2, 0) is 11.3 Å². The number of benzene rings is 2. The predicted molar refractivity (Wildman–Crippen MR) is 183 cm³/mol. The van der Waals surface area contributed by atoms with Gasteiger partial charge in [0.25, 0.3) is 5.91 Å². The number of hydrogen-bond donors (Lipinski definition) is 3. The Hall–Kier alpha value is -3.88. The van der Waals surface area contributed by atoms with Crippen molar-refractivity contribution in [2.45, 2.75) is 76.2 Å². The van der Waals surface area contributed by atoms with Crippen LogP contribution in [0.25, 0.3) is 10.9 Å². The minimum Gasteiger partial charge on any atom is -0.495 e. The van der Waals surface area contributed by atoms with Gasteiger partial charge >= 0.3 is 6.18 Å². The van der Waals surface area contributed by atoms with Crippen LogP contribution in [0.1, 0.15) is 67.4 Å². The number of anilines is 2. The molecule has 3 N–H and O–H groups in total. The second-order valence-electron chi connectivity index (χ2n) is 13.4. The lowest BCUT2D eigenvalue weighted by Gasteiger charge is -2.47. The molecule has 2 aromatic carbocycles. The maximum Gasteiger partial charge on any atom is 0.406 e. The van der Waals surface area contributed by atoms with E-state index in [4.69, 9.17) is 9.47 Å². The van der Waals surface area contributed by atoms with Crippen molar-refractivity contribution in [2.24, 2.45) is 5.41 Å².